The van der Waals surface area contributed by atoms with Crippen molar-refractivity contribution in [2.75, 3.05) is 11.9 Å². The maximum atomic E-state index is 8.95. The largest absolute Gasteiger partial charge is 0.394 e. The van der Waals surface area contributed by atoms with Crippen molar-refractivity contribution < 1.29 is 5.11 Å². The van der Waals surface area contributed by atoms with Gasteiger partial charge in [-0.1, -0.05) is 6.92 Å². The Hall–Kier alpha value is -1.16. The number of aliphatic hydroxyl groups excluding tert-OH is 1. The summed E-state index contributed by atoms with van der Waals surface area (Å²) in [6.07, 6.45) is 2.58. The van der Waals surface area contributed by atoms with Crippen molar-refractivity contribution >= 4 is 5.82 Å². The fourth-order valence-electron chi connectivity index (χ4n) is 1.02. The molecule has 2 N–H and O–H groups in total. The Bertz CT molecular complexity index is 261. The maximum absolute atomic E-state index is 8.95. The van der Waals surface area contributed by atoms with Gasteiger partial charge in [0.2, 0.25) is 0 Å². The molecule has 0 unspecified atom stereocenters. The SMILES string of the molecule is CC[C@H](CO)Nc1ccnc(C)n1. The highest BCUT2D eigenvalue weighted by Gasteiger charge is 2.04. The normalized spacial score (nSPS) is 12.5. The first kappa shape index (κ1) is 9.92. The van der Waals surface area contributed by atoms with Gasteiger partial charge in [-0.3, -0.25) is 0 Å². The third-order valence-corrected chi connectivity index (χ3v) is 1.84. The highest BCUT2D eigenvalue weighted by Crippen LogP contribution is 2.04. The van der Waals surface area contributed by atoms with Crippen molar-refractivity contribution in [3.63, 3.8) is 0 Å². The third kappa shape index (κ3) is 2.99. The van der Waals surface area contributed by atoms with E-state index in [1.165, 1.54) is 0 Å². The molecule has 0 bridgehead atoms. The van der Waals surface area contributed by atoms with Crippen molar-refractivity contribution in [1.82, 2.24) is 9.97 Å². The van der Waals surface area contributed by atoms with Gasteiger partial charge in [0.1, 0.15) is 11.6 Å². The summed E-state index contributed by atoms with van der Waals surface area (Å²) >= 11 is 0. The van der Waals surface area contributed by atoms with Crippen LogP contribution in [0.4, 0.5) is 5.82 Å². The molecule has 0 radical (unpaired) electrons. The van der Waals surface area contributed by atoms with Crippen molar-refractivity contribution in [3.05, 3.63) is 18.1 Å². The molecule has 72 valence electrons. The summed E-state index contributed by atoms with van der Waals surface area (Å²) in [6.45, 7) is 3.98. The van der Waals surface area contributed by atoms with Crippen LogP contribution in [0.1, 0.15) is 19.2 Å². The molecule has 4 heteroatoms. The van der Waals surface area contributed by atoms with Crippen molar-refractivity contribution in [3.8, 4) is 0 Å². The summed E-state index contributed by atoms with van der Waals surface area (Å²) in [5.41, 5.74) is 0. The molecule has 1 aromatic heterocycles. The number of rotatable bonds is 4. The molecule has 0 fully saturated rings. The lowest BCUT2D eigenvalue weighted by atomic mass is 10.2. The van der Waals surface area contributed by atoms with Crippen molar-refractivity contribution in [1.29, 1.82) is 0 Å². The second kappa shape index (κ2) is 4.77. The van der Waals surface area contributed by atoms with Crippen LogP contribution < -0.4 is 5.32 Å². The first-order valence-electron chi connectivity index (χ1n) is 4.43. The minimum absolute atomic E-state index is 0.0781. The quantitative estimate of drug-likeness (QED) is 0.726. The van der Waals surface area contributed by atoms with E-state index < -0.39 is 0 Å². The van der Waals surface area contributed by atoms with Crippen LogP contribution in [0.5, 0.6) is 0 Å². The molecule has 0 aliphatic rings. The zero-order chi connectivity index (χ0) is 9.68. The molecule has 1 aromatic rings. The van der Waals surface area contributed by atoms with Crippen LogP contribution in [0, 0.1) is 6.92 Å². The second-order valence-corrected chi connectivity index (χ2v) is 2.92. The van der Waals surface area contributed by atoms with E-state index in [-0.39, 0.29) is 12.6 Å². The molecule has 1 heterocycles. The molecule has 0 aliphatic heterocycles. The number of aryl methyl sites for hydroxylation is 1. The van der Waals surface area contributed by atoms with Gasteiger partial charge in [0.05, 0.1) is 12.6 Å². The summed E-state index contributed by atoms with van der Waals surface area (Å²) in [7, 11) is 0. The molecule has 1 rings (SSSR count). The molecule has 0 amide bonds. The minimum Gasteiger partial charge on any atom is -0.394 e. The van der Waals surface area contributed by atoms with Crippen LogP contribution in [0.15, 0.2) is 12.3 Å². The van der Waals surface area contributed by atoms with Gasteiger partial charge in [-0.25, -0.2) is 9.97 Å². The first-order chi connectivity index (χ1) is 6.26. The van der Waals surface area contributed by atoms with E-state index in [0.717, 1.165) is 18.1 Å². The lowest BCUT2D eigenvalue weighted by molar-refractivity contribution is 0.271. The van der Waals surface area contributed by atoms with Crippen molar-refractivity contribution in [2.24, 2.45) is 0 Å². The van der Waals surface area contributed by atoms with E-state index >= 15 is 0 Å². The molecule has 1 atom stereocenters. The monoisotopic (exact) mass is 181 g/mol. The van der Waals surface area contributed by atoms with Crippen LogP contribution >= 0.6 is 0 Å². The smallest absolute Gasteiger partial charge is 0.129 e. The van der Waals surface area contributed by atoms with Gasteiger partial charge in [0.15, 0.2) is 0 Å². The van der Waals surface area contributed by atoms with E-state index in [4.69, 9.17) is 5.11 Å². The van der Waals surface area contributed by atoms with Gasteiger partial charge in [0, 0.05) is 6.20 Å². The van der Waals surface area contributed by atoms with E-state index in [2.05, 4.69) is 15.3 Å². The summed E-state index contributed by atoms with van der Waals surface area (Å²) in [5, 5.41) is 12.1. The predicted octanol–water partition coefficient (Wildman–Crippen LogP) is 0.968. The van der Waals surface area contributed by atoms with Gasteiger partial charge < -0.3 is 10.4 Å². The van der Waals surface area contributed by atoms with E-state index in [1.807, 2.05) is 13.8 Å². The summed E-state index contributed by atoms with van der Waals surface area (Å²) < 4.78 is 0. The van der Waals surface area contributed by atoms with E-state index in [0.29, 0.717) is 0 Å². The highest BCUT2D eigenvalue weighted by atomic mass is 16.3. The number of aromatic nitrogens is 2. The maximum Gasteiger partial charge on any atom is 0.129 e. The Morgan fingerprint density at radius 2 is 2.38 bits per heavy atom. The Labute approximate surface area is 78.0 Å². The number of hydrogen-bond donors (Lipinski definition) is 2. The molecular formula is C9H15N3O. The molecule has 4 nitrogen and oxygen atoms in total. The lowest BCUT2D eigenvalue weighted by Crippen LogP contribution is -2.23. The lowest BCUT2D eigenvalue weighted by Gasteiger charge is -2.14. The zero-order valence-electron chi connectivity index (χ0n) is 7.99. The second-order valence-electron chi connectivity index (χ2n) is 2.92. The average molecular weight is 181 g/mol. The van der Waals surface area contributed by atoms with Crippen LogP contribution in [0.2, 0.25) is 0 Å². The van der Waals surface area contributed by atoms with Gasteiger partial charge in [-0.2, -0.15) is 0 Å². The fourth-order valence-corrected chi connectivity index (χ4v) is 1.02. The van der Waals surface area contributed by atoms with Crippen LogP contribution in [0.25, 0.3) is 0 Å². The average Bonchev–Trinajstić information content (AvgIpc) is 2.14. The van der Waals surface area contributed by atoms with E-state index in [9.17, 15) is 0 Å². The third-order valence-electron chi connectivity index (χ3n) is 1.84. The molecule has 0 aromatic carbocycles. The minimum atomic E-state index is 0.0781. The predicted molar refractivity (Wildman–Crippen MR) is 51.6 cm³/mol. The highest BCUT2D eigenvalue weighted by molar-refractivity contribution is 5.33. The Morgan fingerprint density at radius 3 is 2.92 bits per heavy atom. The number of nitrogens with zero attached hydrogens (tertiary/aromatic N) is 2. The number of hydrogen-bond acceptors (Lipinski definition) is 4. The number of anilines is 1. The Kier molecular flexibility index (Phi) is 3.64. The Balaban J connectivity index is 2.62. The van der Waals surface area contributed by atoms with Crippen molar-refractivity contribution in [2.45, 2.75) is 26.3 Å². The fraction of sp³-hybridized carbons (Fsp3) is 0.556. The summed E-state index contributed by atoms with van der Waals surface area (Å²) in [4.78, 5) is 8.16. The van der Waals surface area contributed by atoms with Gasteiger partial charge in [-0.15, -0.1) is 0 Å². The molecule has 0 spiro atoms. The molecule has 0 aliphatic carbocycles. The first-order valence-corrected chi connectivity index (χ1v) is 4.43. The van der Waals surface area contributed by atoms with Gasteiger partial charge in [-0.05, 0) is 19.4 Å². The summed E-state index contributed by atoms with van der Waals surface area (Å²) in [5.74, 6) is 1.51. The van der Waals surface area contributed by atoms with E-state index in [1.54, 1.807) is 12.3 Å². The van der Waals surface area contributed by atoms with Gasteiger partial charge >= 0.3 is 0 Å². The zero-order valence-corrected chi connectivity index (χ0v) is 7.99. The topological polar surface area (TPSA) is 58.0 Å². The van der Waals surface area contributed by atoms with Gasteiger partial charge in [0.25, 0.3) is 0 Å². The van der Waals surface area contributed by atoms with Crippen LogP contribution in [-0.2, 0) is 0 Å². The Morgan fingerprint density at radius 1 is 1.62 bits per heavy atom. The molecule has 0 saturated heterocycles. The molecule has 0 saturated carbocycles. The van der Waals surface area contributed by atoms with Crippen LogP contribution in [-0.4, -0.2) is 27.7 Å². The molecular weight excluding hydrogens is 166 g/mol. The number of nitrogens with one attached hydrogen (secondary N) is 1. The standard InChI is InChI=1S/C9H15N3O/c1-3-8(6-13)12-9-4-5-10-7(2)11-9/h4-5,8,13H,3,6H2,1-2H3,(H,10,11,12)/t8-/m1/s1. The van der Waals surface area contributed by atoms with Crippen LogP contribution in [0.3, 0.4) is 0 Å². The molecule has 13 heavy (non-hydrogen) atoms. The summed E-state index contributed by atoms with van der Waals surface area (Å²) in [6, 6.07) is 1.87. The number of aliphatic hydroxyl groups is 1.